The molecule has 0 saturated heterocycles. The number of carbonyl (C=O) groups is 1. The molecule has 1 N–H and O–H groups in total. The zero-order valence-corrected chi connectivity index (χ0v) is 11.2. The number of rotatable bonds is 5. The Balaban J connectivity index is 1.89. The number of nitrogens with zero attached hydrogens (tertiary/aromatic N) is 1. The van der Waals surface area contributed by atoms with Crippen LogP contribution in [0.5, 0.6) is 0 Å². The first-order valence-electron chi connectivity index (χ1n) is 6.68. The first-order chi connectivity index (χ1) is 8.98. The first kappa shape index (κ1) is 14.2. The lowest BCUT2D eigenvalue weighted by Gasteiger charge is -2.28. The summed E-state index contributed by atoms with van der Waals surface area (Å²) in [7, 11) is 1.83. The van der Waals surface area contributed by atoms with E-state index in [0.717, 1.165) is 25.7 Å². The minimum atomic E-state index is -0.641. The number of ketones is 1. The quantitative estimate of drug-likeness (QED) is 0.830. The summed E-state index contributed by atoms with van der Waals surface area (Å²) in [5, 5.41) is 10.3. The SMILES string of the molecule is CN(CC(=O)c1ccc(F)cc1)CC1(O)CCCC1. The van der Waals surface area contributed by atoms with Crippen LogP contribution in [-0.4, -0.2) is 41.5 Å². The molecular weight excluding hydrogens is 245 g/mol. The molecule has 0 aromatic heterocycles. The lowest BCUT2D eigenvalue weighted by Crippen LogP contribution is -2.41. The van der Waals surface area contributed by atoms with Crippen molar-refractivity contribution < 1.29 is 14.3 Å². The molecule has 19 heavy (non-hydrogen) atoms. The molecule has 0 radical (unpaired) electrons. The Bertz CT molecular complexity index is 438. The van der Waals surface area contributed by atoms with Crippen molar-refractivity contribution in [1.82, 2.24) is 4.90 Å². The fraction of sp³-hybridized carbons (Fsp3) is 0.533. The topological polar surface area (TPSA) is 40.5 Å². The lowest BCUT2D eigenvalue weighted by molar-refractivity contribution is 0.0172. The van der Waals surface area contributed by atoms with Crippen LogP contribution in [0.25, 0.3) is 0 Å². The third-order valence-corrected chi connectivity index (χ3v) is 3.68. The Morgan fingerprint density at radius 3 is 2.47 bits per heavy atom. The van der Waals surface area contributed by atoms with Crippen LogP contribution in [0.15, 0.2) is 24.3 Å². The van der Waals surface area contributed by atoms with Crippen molar-refractivity contribution in [3.63, 3.8) is 0 Å². The van der Waals surface area contributed by atoms with Crippen LogP contribution >= 0.6 is 0 Å². The summed E-state index contributed by atoms with van der Waals surface area (Å²) >= 11 is 0. The highest BCUT2D eigenvalue weighted by Gasteiger charge is 2.32. The third kappa shape index (κ3) is 3.85. The number of halogens is 1. The number of benzene rings is 1. The lowest BCUT2D eigenvalue weighted by atomic mass is 10.0. The van der Waals surface area contributed by atoms with Crippen LogP contribution in [0.4, 0.5) is 4.39 Å². The largest absolute Gasteiger partial charge is 0.389 e. The van der Waals surface area contributed by atoms with E-state index in [1.165, 1.54) is 24.3 Å². The average molecular weight is 265 g/mol. The normalized spacial score (nSPS) is 17.9. The van der Waals surface area contributed by atoms with E-state index >= 15 is 0 Å². The maximum Gasteiger partial charge on any atom is 0.176 e. The zero-order valence-electron chi connectivity index (χ0n) is 11.2. The number of hydrogen-bond donors (Lipinski definition) is 1. The first-order valence-corrected chi connectivity index (χ1v) is 6.68. The van der Waals surface area contributed by atoms with Gasteiger partial charge < -0.3 is 5.11 Å². The van der Waals surface area contributed by atoms with Gasteiger partial charge in [-0.3, -0.25) is 9.69 Å². The number of Topliss-reactive ketones (excluding diaryl/α,β-unsaturated/α-hetero) is 1. The van der Waals surface area contributed by atoms with Crippen molar-refractivity contribution in [1.29, 1.82) is 0 Å². The van der Waals surface area contributed by atoms with Crippen LogP contribution in [-0.2, 0) is 0 Å². The number of likely N-dealkylation sites (N-methyl/N-ethyl adjacent to an activating group) is 1. The third-order valence-electron chi connectivity index (χ3n) is 3.68. The van der Waals surface area contributed by atoms with E-state index in [-0.39, 0.29) is 18.1 Å². The second-order valence-electron chi connectivity index (χ2n) is 5.53. The van der Waals surface area contributed by atoms with Crippen LogP contribution < -0.4 is 0 Å². The van der Waals surface area contributed by atoms with E-state index in [2.05, 4.69) is 0 Å². The van der Waals surface area contributed by atoms with Gasteiger partial charge in [-0.2, -0.15) is 0 Å². The van der Waals surface area contributed by atoms with Gasteiger partial charge in [0.1, 0.15) is 5.82 Å². The molecule has 1 fully saturated rings. The van der Waals surface area contributed by atoms with E-state index in [0.29, 0.717) is 12.1 Å². The van der Waals surface area contributed by atoms with Crippen LogP contribution in [0.1, 0.15) is 36.0 Å². The van der Waals surface area contributed by atoms with Gasteiger partial charge in [0, 0.05) is 12.1 Å². The molecule has 1 aromatic carbocycles. The van der Waals surface area contributed by atoms with Crippen molar-refractivity contribution in [3.8, 4) is 0 Å². The summed E-state index contributed by atoms with van der Waals surface area (Å²) in [4.78, 5) is 13.8. The van der Waals surface area contributed by atoms with Gasteiger partial charge in [0.2, 0.25) is 0 Å². The summed E-state index contributed by atoms with van der Waals surface area (Å²) in [6.45, 7) is 0.758. The highest BCUT2D eigenvalue weighted by atomic mass is 19.1. The van der Waals surface area contributed by atoms with Gasteiger partial charge in [-0.25, -0.2) is 4.39 Å². The molecule has 0 bridgehead atoms. The summed E-state index contributed by atoms with van der Waals surface area (Å²) in [5.41, 5.74) is -0.135. The molecule has 4 heteroatoms. The maximum absolute atomic E-state index is 12.8. The van der Waals surface area contributed by atoms with Gasteiger partial charge in [-0.15, -0.1) is 0 Å². The molecule has 1 aliphatic rings. The molecule has 0 unspecified atom stereocenters. The fourth-order valence-corrected chi connectivity index (χ4v) is 2.72. The molecule has 1 aliphatic carbocycles. The van der Waals surface area contributed by atoms with E-state index in [9.17, 15) is 14.3 Å². The number of aliphatic hydroxyl groups is 1. The van der Waals surface area contributed by atoms with Crippen LogP contribution in [0.2, 0.25) is 0 Å². The van der Waals surface area contributed by atoms with Gasteiger partial charge in [-0.05, 0) is 44.2 Å². The smallest absolute Gasteiger partial charge is 0.176 e. The highest BCUT2D eigenvalue weighted by Crippen LogP contribution is 2.29. The molecule has 0 atom stereocenters. The Hall–Kier alpha value is -1.26. The van der Waals surface area contributed by atoms with Crippen LogP contribution in [0, 0.1) is 5.82 Å². The molecular formula is C15H20FNO2. The molecule has 3 nitrogen and oxygen atoms in total. The van der Waals surface area contributed by atoms with E-state index < -0.39 is 5.60 Å². The van der Waals surface area contributed by atoms with Crippen molar-refractivity contribution in [2.24, 2.45) is 0 Å². The molecule has 0 spiro atoms. The Labute approximate surface area is 113 Å². The molecule has 1 saturated carbocycles. The average Bonchev–Trinajstić information content (AvgIpc) is 2.76. The van der Waals surface area contributed by atoms with Gasteiger partial charge in [0.05, 0.1) is 12.1 Å². The van der Waals surface area contributed by atoms with Gasteiger partial charge in [0.15, 0.2) is 5.78 Å². The van der Waals surface area contributed by atoms with E-state index in [1.54, 1.807) is 0 Å². The second-order valence-corrected chi connectivity index (χ2v) is 5.53. The second kappa shape index (κ2) is 5.80. The summed E-state index contributed by atoms with van der Waals surface area (Å²) in [6.07, 6.45) is 3.72. The predicted octanol–water partition coefficient (Wildman–Crippen LogP) is 2.25. The van der Waals surface area contributed by atoms with E-state index in [1.807, 2.05) is 11.9 Å². The zero-order chi connectivity index (χ0) is 13.9. The minimum absolute atomic E-state index is 0.0518. The van der Waals surface area contributed by atoms with Crippen molar-refractivity contribution >= 4 is 5.78 Å². The summed E-state index contributed by atoms with van der Waals surface area (Å²) in [5.74, 6) is -0.394. The Morgan fingerprint density at radius 1 is 1.32 bits per heavy atom. The monoisotopic (exact) mass is 265 g/mol. The maximum atomic E-state index is 12.8. The molecule has 1 aromatic rings. The van der Waals surface area contributed by atoms with E-state index in [4.69, 9.17) is 0 Å². The molecule has 0 amide bonds. The number of hydrogen-bond acceptors (Lipinski definition) is 3. The fourth-order valence-electron chi connectivity index (χ4n) is 2.72. The van der Waals surface area contributed by atoms with Gasteiger partial charge in [0.25, 0.3) is 0 Å². The minimum Gasteiger partial charge on any atom is -0.389 e. The molecule has 2 rings (SSSR count). The summed E-state index contributed by atoms with van der Waals surface area (Å²) in [6, 6.07) is 5.57. The highest BCUT2D eigenvalue weighted by molar-refractivity contribution is 5.97. The van der Waals surface area contributed by atoms with Gasteiger partial charge in [-0.1, -0.05) is 12.8 Å². The van der Waals surface area contributed by atoms with Crippen molar-refractivity contribution in [3.05, 3.63) is 35.6 Å². The molecule has 0 heterocycles. The van der Waals surface area contributed by atoms with Crippen LogP contribution in [0.3, 0.4) is 0 Å². The van der Waals surface area contributed by atoms with Gasteiger partial charge >= 0.3 is 0 Å². The van der Waals surface area contributed by atoms with Crippen molar-refractivity contribution in [2.45, 2.75) is 31.3 Å². The Morgan fingerprint density at radius 2 is 1.89 bits per heavy atom. The molecule has 104 valence electrons. The molecule has 0 aliphatic heterocycles. The predicted molar refractivity (Wildman–Crippen MR) is 71.6 cm³/mol. The Kier molecular flexibility index (Phi) is 4.32. The van der Waals surface area contributed by atoms with Crippen molar-refractivity contribution in [2.75, 3.05) is 20.1 Å². The number of carbonyl (C=O) groups excluding carboxylic acids is 1. The standard InChI is InChI=1S/C15H20FNO2/c1-17(11-15(19)8-2-3-9-15)10-14(18)12-4-6-13(16)7-5-12/h4-7,19H,2-3,8-11H2,1H3. The summed E-state index contributed by atoms with van der Waals surface area (Å²) < 4.78 is 12.8.